The molecule has 1 N–H and O–H groups in total. The van der Waals surface area contributed by atoms with Gasteiger partial charge in [-0.05, 0) is 0 Å². The molecule has 0 aromatic carbocycles. The quantitative estimate of drug-likeness (QED) is 0.0873. The molecule has 1 unspecified atom stereocenters. The Morgan fingerprint density at radius 3 is 1.80 bits per heavy atom. The van der Waals surface area contributed by atoms with Gasteiger partial charge < -0.3 is 43.5 Å². The first kappa shape index (κ1) is 26.5. The van der Waals surface area contributed by atoms with Crippen LogP contribution in [0.2, 0.25) is 0 Å². The summed E-state index contributed by atoms with van der Waals surface area (Å²) < 4.78 is 23.7. The molecule has 0 radical (unpaired) electrons. The summed E-state index contributed by atoms with van der Waals surface area (Å²) in [5.74, 6) is 0. The summed E-state index contributed by atoms with van der Waals surface area (Å²) in [6.07, 6.45) is -1.81. The second kappa shape index (κ2) is 17.6. The van der Waals surface area contributed by atoms with Crippen molar-refractivity contribution in [3.05, 3.63) is 20.2 Å². The van der Waals surface area contributed by atoms with Gasteiger partial charge in [-0.3, -0.25) is 0 Å². The van der Waals surface area contributed by atoms with Gasteiger partial charge in [0.05, 0.1) is 26.4 Å². The zero-order chi connectivity index (χ0) is 22.6. The molecule has 17 heteroatoms. The lowest BCUT2D eigenvalue weighted by Gasteiger charge is -2.13. The summed E-state index contributed by atoms with van der Waals surface area (Å²) in [4.78, 5) is 61.4. The second-order valence-electron chi connectivity index (χ2n) is 4.77. The highest BCUT2D eigenvalue weighted by Crippen LogP contribution is 1.91. The van der Waals surface area contributed by atoms with Crippen LogP contribution in [0, 0.1) is 20.2 Å². The highest BCUT2D eigenvalue weighted by molar-refractivity contribution is 5.73. The smallest absolute Gasteiger partial charge is 0.447 e. The van der Waals surface area contributed by atoms with Gasteiger partial charge in [0.2, 0.25) is 0 Å². The Morgan fingerprint density at radius 2 is 1.30 bits per heavy atom. The first-order valence-electron chi connectivity index (χ1n) is 8.23. The molecule has 0 aliphatic carbocycles. The molecule has 172 valence electrons. The molecular weight excluding hydrogens is 422 g/mol. The number of hydrogen-bond donors (Lipinski definition) is 1. The van der Waals surface area contributed by atoms with Crippen LogP contribution in [0.4, 0.5) is 9.59 Å². The lowest BCUT2D eigenvalue weighted by atomic mass is 10.3. The van der Waals surface area contributed by atoms with E-state index < -0.39 is 35.1 Å². The molecule has 17 nitrogen and oxygen atoms in total. The SMILES string of the molecule is O=CC(COC(=O)OCCOCCO[N+](=O)[O-])NC(=O)OCCOCCO[N+](=O)[O-]. The van der Waals surface area contributed by atoms with Crippen molar-refractivity contribution < 1.29 is 57.9 Å². The van der Waals surface area contributed by atoms with Crippen molar-refractivity contribution in [1.29, 1.82) is 0 Å². The van der Waals surface area contributed by atoms with E-state index in [1.165, 1.54) is 0 Å². The van der Waals surface area contributed by atoms with Crippen molar-refractivity contribution >= 4 is 18.5 Å². The summed E-state index contributed by atoms with van der Waals surface area (Å²) in [7, 11) is 0. The fourth-order valence-corrected chi connectivity index (χ4v) is 1.43. The van der Waals surface area contributed by atoms with Gasteiger partial charge in [-0.2, -0.15) is 0 Å². The number of nitrogens with zero attached hydrogens (tertiary/aromatic N) is 2. The predicted octanol–water partition coefficient (Wildman–Crippen LogP) is -1.12. The van der Waals surface area contributed by atoms with Crippen molar-refractivity contribution in [2.45, 2.75) is 6.04 Å². The van der Waals surface area contributed by atoms with Crippen molar-refractivity contribution in [2.75, 3.05) is 59.5 Å². The fraction of sp³-hybridized carbons (Fsp3) is 0.769. The Hall–Kier alpha value is -3.47. The molecule has 0 heterocycles. The van der Waals surface area contributed by atoms with E-state index in [0.29, 0.717) is 6.29 Å². The maximum absolute atomic E-state index is 11.5. The third-order valence-electron chi connectivity index (χ3n) is 2.61. The number of hydrogen-bond acceptors (Lipinski definition) is 14. The molecule has 1 amide bonds. The minimum Gasteiger partial charge on any atom is -0.447 e. The number of rotatable bonds is 18. The molecule has 0 bridgehead atoms. The normalized spacial score (nSPS) is 10.9. The fourth-order valence-electron chi connectivity index (χ4n) is 1.43. The largest absolute Gasteiger partial charge is 0.508 e. The van der Waals surface area contributed by atoms with E-state index in [1.807, 2.05) is 0 Å². The van der Waals surface area contributed by atoms with E-state index >= 15 is 0 Å². The molecule has 0 rings (SSSR count). The van der Waals surface area contributed by atoms with E-state index in [9.17, 15) is 34.6 Å². The first-order chi connectivity index (χ1) is 14.3. The lowest BCUT2D eigenvalue weighted by Crippen LogP contribution is -2.40. The second-order valence-corrected chi connectivity index (χ2v) is 4.77. The maximum atomic E-state index is 11.5. The number of carbonyl (C=O) groups is 3. The average molecular weight is 443 g/mol. The van der Waals surface area contributed by atoms with Gasteiger partial charge in [-0.25, -0.2) is 9.59 Å². The molecule has 0 spiro atoms. The van der Waals surface area contributed by atoms with Crippen LogP contribution in [-0.2, 0) is 38.2 Å². The summed E-state index contributed by atoms with van der Waals surface area (Å²) >= 11 is 0. The number of ether oxygens (including phenoxy) is 5. The van der Waals surface area contributed by atoms with Gasteiger partial charge in [-0.1, -0.05) is 0 Å². The van der Waals surface area contributed by atoms with Crippen LogP contribution in [0.25, 0.3) is 0 Å². The molecule has 0 aromatic heterocycles. The Labute approximate surface area is 168 Å². The van der Waals surface area contributed by atoms with E-state index in [2.05, 4.69) is 29.2 Å². The third kappa shape index (κ3) is 17.9. The molecule has 0 saturated carbocycles. The van der Waals surface area contributed by atoms with Crippen LogP contribution in [0.5, 0.6) is 0 Å². The van der Waals surface area contributed by atoms with E-state index in [0.717, 1.165) is 0 Å². The van der Waals surface area contributed by atoms with Crippen LogP contribution in [-0.4, -0.2) is 94.2 Å². The average Bonchev–Trinajstić information content (AvgIpc) is 2.69. The molecule has 0 saturated heterocycles. The first-order valence-corrected chi connectivity index (χ1v) is 8.23. The monoisotopic (exact) mass is 443 g/mol. The Bertz CT molecular complexity index is 545. The van der Waals surface area contributed by atoms with Crippen LogP contribution < -0.4 is 5.32 Å². The molecule has 30 heavy (non-hydrogen) atoms. The van der Waals surface area contributed by atoms with Gasteiger partial charge in [0.15, 0.2) is 0 Å². The van der Waals surface area contributed by atoms with Crippen LogP contribution in [0.15, 0.2) is 0 Å². The number of aldehydes is 1. The summed E-state index contributed by atoms with van der Waals surface area (Å²) in [5, 5.41) is 19.9. The summed E-state index contributed by atoms with van der Waals surface area (Å²) in [5.41, 5.74) is 0. The standard InChI is InChI=1S/C13H21N3O14/c17-9-11(14-12(18)26-5-1-24-3-7-29-15(20)21)10-28-13(19)27-6-2-25-4-8-30-16(22)23/h9,11H,1-8,10H2,(H,14,18). The van der Waals surface area contributed by atoms with Crippen molar-refractivity contribution in [1.82, 2.24) is 5.32 Å². The zero-order valence-electron chi connectivity index (χ0n) is 15.6. The van der Waals surface area contributed by atoms with E-state index in [4.69, 9.17) is 9.47 Å². The summed E-state index contributed by atoms with van der Waals surface area (Å²) in [6.45, 7) is -1.81. The maximum Gasteiger partial charge on any atom is 0.508 e. The van der Waals surface area contributed by atoms with Crippen LogP contribution >= 0.6 is 0 Å². The van der Waals surface area contributed by atoms with Gasteiger partial charge in [0, 0.05) is 0 Å². The lowest BCUT2D eigenvalue weighted by molar-refractivity contribution is -0.758. The number of carbonyl (C=O) groups excluding carboxylic acids is 3. The number of nitrogens with one attached hydrogen (secondary N) is 1. The zero-order valence-corrected chi connectivity index (χ0v) is 15.6. The molecule has 0 fully saturated rings. The highest BCUT2D eigenvalue weighted by Gasteiger charge is 2.15. The molecule has 0 aliphatic rings. The Morgan fingerprint density at radius 1 is 0.800 bits per heavy atom. The van der Waals surface area contributed by atoms with Crippen molar-refractivity contribution in [2.24, 2.45) is 0 Å². The Balaban J connectivity index is 3.72. The highest BCUT2D eigenvalue weighted by atomic mass is 17.0. The minimum atomic E-state index is -1.20. The predicted molar refractivity (Wildman–Crippen MR) is 89.2 cm³/mol. The van der Waals surface area contributed by atoms with Gasteiger partial charge >= 0.3 is 12.2 Å². The molecule has 1 atom stereocenters. The minimum absolute atomic E-state index is 0.0662. The third-order valence-corrected chi connectivity index (χ3v) is 2.61. The van der Waals surface area contributed by atoms with Crippen molar-refractivity contribution in [3.8, 4) is 0 Å². The molecule has 0 aromatic rings. The topological polar surface area (TPSA) is 214 Å². The number of amides is 1. The van der Waals surface area contributed by atoms with Gasteiger partial charge in [-0.15, -0.1) is 20.2 Å². The van der Waals surface area contributed by atoms with Gasteiger partial charge in [0.25, 0.3) is 10.2 Å². The Kier molecular flexibility index (Phi) is 15.6. The van der Waals surface area contributed by atoms with Crippen molar-refractivity contribution in [3.63, 3.8) is 0 Å². The number of alkyl carbamates (subject to hydrolysis) is 1. The van der Waals surface area contributed by atoms with Crippen LogP contribution in [0.3, 0.4) is 0 Å². The summed E-state index contributed by atoms with van der Waals surface area (Å²) in [6, 6.07) is -1.20. The van der Waals surface area contributed by atoms with Gasteiger partial charge in [0.1, 0.15) is 45.4 Å². The molecular formula is C13H21N3O14. The molecule has 0 aliphatic heterocycles. The van der Waals surface area contributed by atoms with E-state index in [-0.39, 0.29) is 52.9 Å². The van der Waals surface area contributed by atoms with E-state index in [1.54, 1.807) is 0 Å². The van der Waals surface area contributed by atoms with Crippen LogP contribution in [0.1, 0.15) is 0 Å².